The van der Waals surface area contributed by atoms with Crippen LogP contribution in [0.1, 0.15) is 46.5 Å². The molecule has 0 spiro atoms. The van der Waals surface area contributed by atoms with Gasteiger partial charge in [0.05, 0.1) is 11.9 Å². The second-order valence-electron chi connectivity index (χ2n) is 5.85. The Bertz CT molecular complexity index is 357. The fourth-order valence-electron chi connectivity index (χ4n) is 2.49. The topological polar surface area (TPSA) is 67.4 Å². The van der Waals surface area contributed by atoms with Gasteiger partial charge in [0.2, 0.25) is 10.0 Å². The van der Waals surface area contributed by atoms with Gasteiger partial charge in [0.25, 0.3) is 0 Å². The third-order valence-corrected chi connectivity index (χ3v) is 5.14. The van der Waals surface area contributed by atoms with Gasteiger partial charge < -0.3 is 10.1 Å². The summed E-state index contributed by atoms with van der Waals surface area (Å²) in [7, 11) is -3.13. The third-order valence-electron chi connectivity index (χ3n) is 3.71. The van der Waals surface area contributed by atoms with Crippen LogP contribution in [-0.2, 0) is 14.8 Å². The van der Waals surface area contributed by atoms with E-state index in [0.29, 0.717) is 24.9 Å². The zero-order valence-corrected chi connectivity index (χ0v) is 13.8. The lowest BCUT2D eigenvalue weighted by atomic mass is 10.0. The smallest absolute Gasteiger partial charge is 0.211 e. The molecule has 0 aromatic rings. The van der Waals surface area contributed by atoms with E-state index in [1.54, 1.807) is 0 Å². The molecule has 0 aromatic heterocycles. The number of ether oxygens (including phenoxy) is 1. The van der Waals surface area contributed by atoms with Crippen LogP contribution < -0.4 is 10.0 Å². The lowest BCUT2D eigenvalue weighted by Gasteiger charge is -2.17. The summed E-state index contributed by atoms with van der Waals surface area (Å²) in [6, 6.07) is 0.457. The fourth-order valence-corrected chi connectivity index (χ4v) is 3.69. The van der Waals surface area contributed by atoms with Crippen molar-refractivity contribution >= 4 is 10.0 Å². The monoisotopic (exact) mass is 306 g/mol. The molecule has 2 unspecified atom stereocenters. The minimum atomic E-state index is -3.13. The average molecular weight is 306 g/mol. The molecule has 0 saturated carbocycles. The molecular formula is C14H30N2O3S. The van der Waals surface area contributed by atoms with E-state index >= 15 is 0 Å². The van der Waals surface area contributed by atoms with Crippen LogP contribution in [0, 0.1) is 5.92 Å². The van der Waals surface area contributed by atoms with Crippen LogP contribution in [0.2, 0.25) is 0 Å². The number of sulfonamides is 1. The highest BCUT2D eigenvalue weighted by molar-refractivity contribution is 7.89. The highest BCUT2D eigenvalue weighted by atomic mass is 32.2. The molecule has 20 heavy (non-hydrogen) atoms. The van der Waals surface area contributed by atoms with Gasteiger partial charge in [-0.2, -0.15) is 0 Å². The Morgan fingerprint density at radius 1 is 1.30 bits per heavy atom. The standard InChI is InChI=1S/C14H30N2O3S/c1-4-14-13(7-9-19-14)11-16-20(17,18)10-6-5-8-15-12(2)3/h12-16H,4-11H2,1-3H3. The first-order valence-corrected chi connectivity index (χ1v) is 9.42. The molecule has 0 aliphatic carbocycles. The van der Waals surface area contributed by atoms with Gasteiger partial charge in [-0.05, 0) is 32.2 Å². The highest BCUT2D eigenvalue weighted by Gasteiger charge is 2.27. The highest BCUT2D eigenvalue weighted by Crippen LogP contribution is 2.22. The van der Waals surface area contributed by atoms with Crippen LogP contribution in [-0.4, -0.2) is 46.0 Å². The van der Waals surface area contributed by atoms with Crippen molar-refractivity contribution in [3.05, 3.63) is 0 Å². The van der Waals surface area contributed by atoms with Crippen LogP contribution >= 0.6 is 0 Å². The van der Waals surface area contributed by atoms with Crippen molar-refractivity contribution in [1.82, 2.24) is 10.0 Å². The Labute approximate surface area is 123 Å². The van der Waals surface area contributed by atoms with Gasteiger partial charge in [-0.1, -0.05) is 20.8 Å². The van der Waals surface area contributed by atoms with E-state index in [1.165, 1.54) is 0 Å². The molecule has 0 amide bonds. The molecule has 1 saturated heterocycles. The zero-order valence-electron chi connectivity index (χ0n) is 13.0. The Morgan fingerprint density at radius 3 is 2.70 bits per heavy atom. The molecule has 5 nitrogen and oxygen atoms in total. The van der Waals surface area contributed by atoms with Crippen LogP contribution in [0.15, 0.2) is 0 Å². The molecular weight excluding hydrogens is 276 g/mol. The summed E-state index contributed by atoms with van der Waals surface area (Å²) in [4.78, 5) is 0. The number of hydrogen-bond donors (Lipinski definition) is 2. The molecule has 1 fully saturated rings. The summed E-state index contributed by atoms with van der Waals surface area (Å²) in [5.41, 5.74) is 0. The van der Waals surface area contributed by atoms with Crippen molar-refractivity contribution in [2.75, 3.05) is 25.4 Å². The number of hydrogen-bond acceptors (Lipinski definition) is 4. The van der Waals surface area contributed by atoms with Crippen molar-refractivity contribution in [3.63, 3.8) is 0 Å². The maximum atomic E-state index is 11.9. The average Bonchev–Trinajstić information content (AvgIpc) is 2.83. The molecule has 1 aliphatic heterocycles. The lowest BCUT2D eigenvalue weighted by molar-refractivity contribution is 0.0884. The van der Waals surface area contributed by atoms with Crippen molar-refractivity contribution < 1.29 is 13.2 Å². The third kappa shape index (κ3) is 7.02. The molecule has 6 heteroatoms. The second kappa shape index (κ2) is 8.97. The molecule has 0 bridgehead atoms. The van der Waals surface area contributed by atoms with Crippen LogP contribution in [0.4, 0.5) is 0 Å². The van der Waals surface area contributed by atoms with Crippen LogP contribution in [0.5, 0.6) is 0 Å². The molecule has 2 N–H and O–H groups in total. The normalized spacial score (nSPS) is 23.6. The van der Waals surface area contributed by atoms with Gasteiger partial charge in [-0.25, -0.2) is 13.1 Å². The Kier molecular flexibility index (Phi) is 8.02. The summed E-state index contributed by atoms with van der Waals surface area (Å²) >= 11 is 0. The molecule has 120 valence electrons. The Morgan fingerprint density at radius 2 is 2.05 bits per heavy atom. The summed E-state index contributed by atoms with van der Waals surface area (Å²) in [6.07, 6.45) is 3.72. The van der Waals surface area contributed by atoms with E-state index in [9.17, 15) is 8.42 Å². The molecule has 0 radical (unpaired) electrons. The SMILES string of the molecule is CCC1OCCC1CNS(=O)(=O)CCCCNC(C)C. The predicted octanol–water partition coefficient (Wildman–Crippen LogP) is 1.50. The van der Waals surface area contributed by atoms with E-state index in [1.807, 2.05) is 0 Å². The predicted molar refractivity (Wildman–Crippen MR) is 82.3 cm³/mol. The maximum absolute atomic E-state index is 11.9. The van der Waals surface area contributed by atoms with Gasteiger partial charge in [0.1, 0.15) is 0 Å². The van der Waals surface area contributed by atoms with E-state index in [0.717, 1.165) is 32.4 Å². The molecule has 2 atom stereocenters. The minimum absolute atomic E-state index is 0.216. The van der Waals surface area contributed by atoms with Crippen molar-refractivity contribution in [2.45, 2.75) is 58.6 Å². The van der Waals surface area contributed by atoms with E-state index < -0.39 is 10.0 Å². The second-order valence-corrected chi connectivity index (χ2v) is 7.78. The summed E-state index contributed by atoms with van der Waals surface area (Å²) < 4.78 is 32.1. The first kappa shape index (κ1) is 17.9. The van der Waals surface area contributed by atoms with Crippen molar-refractivity contribution in [3.8, 4) is 0 Å². The van der Waals surface area contributed by atoms with Crippen molar-refractivity contribution in [2.24, 2.45) is 5.92 Å². The quantitative estimate of drug-likeness (QED) is 0.600. The largest absolute Gasteiger partial charge is 0.378 e. The number of unbranched alkanes of at least 4 members (excludes halogenated alkanes) is 1. The first-order valence-electron chi connectivity index (χ1n) is 7.77. The van der Waals surface area contributed by atoms with E-state index in [4.69, 9.17) is 4.74 Å². The van der Waals surface area contributed by atoms with Crippen LogP contribution in [0.3, 0.4) is 0 Å². The van der Waals surface area contributed by atoms with Gasteiger partial charge in [-0.15, -0.1) is 0 Å². The van der Waals surface area contributed by atoms with E-state index in [2.05, 4.69) is 30.8 Å². The van der Waals surface area contributed by atoms with Crippen LogP contribution in [0.25, 0.3) is 0 Å². The molecule has 1 heterocycles. The van der Waals surface area contributed by atoms with Crippen molar-refractivity contribution in [1.29, 1.82) is 0 Å². The van der Waals surface area contributed by atoms with Gasteiger partial charge in [0.15, 0.2) is 0 Å². The zero-order chi connectivity index (χ0) is 15.0. The van der Waals surface area contributed by atoms with Gasteiger partial charge in [0, 0.05) is 25.1 Å². The lowest BCUT2D eigenvalue weighted by Crippen LogP contribution is -2.34. The Hall–Kier alpha value is -0.170. The fraction of sp³-hybridized carbons (Fsp3) is 1.00. The molecule has 1 aliphatic rings. The summed E-state index contributed by atoms with van der Waals surface area (Å²) in [6.45, 7) is 8.41. The summed E-state index contributed by atoms with van der Waals surface area (Å²) in [5.74, 6) is 0.550. The number of nitrogens with one attached hydrogen (secondary N) is 2. The molecule has 0 aromatic carbocycles. The Balaban J connectivity index is 2.17. The molecule has 1 rings (SSSR count). The summed E-state index contributed by atoms with van der Waals surface area (Å²) in [5, 5.41) is 3.29. The van der Waals surface area contributed by atoms with Gasteiger partial charge in [-0.3, -0.25) is 0 Å². The minimum Gasteiger partial charge on any atom is -0.378 e. The first-order chi connectivity index (χ1) is 9.44. The maximum Gasteiger partial charge on any atom is 0.211 e. The van der Waals surface area contributed by atoms with E-state index in [-0.39, 0.29) is 11.9 Å². The van der Waals surface area contributed by atoms with Gasteiger partial charge >= 0.3 is 0 Å². The number of rotatable bonds is 10.